The van der Waals surface area contributed by atoms with Crippen LogP contribution >= 0.6 is 27.3 Å². The van der Waals surface area contributed by atoms with Gasteiger partial charge in [-0.2, -0.15) is 0 Å². The molecule has 18 heavy (non-hydrogen) atoms. The Bertz CT molecular complexity index is 448. The van der Waals surface area contributed by atoms with Crippen molar-refractivity contribution in [2.24, 2.45) is 11.5 Å². The van der Waals surface area contributed by atoms with Gasteiger partial charge < -0.3 is 26.5 Å². The van der Waals surface area contributed by atoms with E-state index in [4.69, 9.17) is 26.5 Å². The van der Waals surface area contributed by atoms with Crippen LogP contribution in [0.5, 0.6) is 0 Å². The number of anilines is 1. The number of urea groups is 1. The molecule has 6 N–H and O–H groups in total. The molecule has 0 saturated carbocycles. The number of rotatable bonds is 2. The van der Waals surface area contributed by atoms with Crippen LogP contribution in [0, 0.1) is 0 Å². The van der Waals surface area contributed by atoms with Crippen molar-refractivity contribution in [3.05, 3.63) is 15.4 Å². The van der Waals surface area contributed by atoms with Crippen molar-refractivity contribution < 1.29 is 54.2 Å². The summed E-state index contributed by atoms with van der Waals surface area (Å²) in [5, 5.41) is 18.0. The molecule has 1 aromatic heterocycles. The summed E-state index contributed by atoms with van der Waals surface area (Å²) in [6.45, 7) is 0. The van der Waals surface area contributed by atoms with Gasteiger partial charge in [0.05, 0.1) is 9.35 Å². The van der Waals surface area contributed by atoms with Crippen LogP contribution in [0.3, 0.4) is 0 Å². The minimum atomic E-state index is -2.08. The molecule has 94 valence electrons. The Kier molecular flexibility index (Phi) is 9.94. The van der Waals surface area contributed by atoms with E-state index < -0.39 is 18.1 Å². The van der Waals surface area contributed by atoms with E-state index in [1.165, 1.54) is 17.4 Å². The van der Waals surface area contributed by atoms with E-state index in [1.807, 2.05) is 0 Å². The van der Waals surface area contributed by atoms with Crippen molar-refractivity contribution in [2.45, 2.75) is 0 Å². The van der Waals surface area contributed by atoms with Crippen molar-refractivity contribution in [2.75, 3.05) is 5.32 Å². The zero-order chi connectivity index (χ0) is 13.6. The average molecular weight is 348 g/mol. The average Bonchev–Trinajstić information content (AvgIpc) is 2.44. The summed E-state index contributed by atoms with van der Waals surface area (Å²) < 4.78 is 0.699. The molecule has 0 unspecified atom stereocenters. The van der Waals surface area contributed by atoms with E-state index in [-0.39, 0.29) is 35.1 Å². The molecule has 0 bridgehead atoms. The number of nitrogens with two attached hydrogens (primary N) is 2. The van der Waals surface area contributed by atoms with Gasteiger partial charge in [0.1, 0.15) is 5.00 Å². The molecule has 0 spiro atoms. The standard InChI is InChI=1S/C6H6BrN3O2S.CH2O3.Na/c7-3-1-2(4(8)11)5(13-3)10-6(9)12;2-1(3)4;/h1H,(H2,8,11)(H3,9,10,12);(H2,2,3,4);/q;;+1/p-1. The molecule has 0 aliphatic heterocycles. The van der Waals surface area contributed by atoms with Crippen molar-refractivity contribution in [3.63, 3.8) is 0 Å². The molecule has 1 rings (SSSR count). The second-order valence-corrected chi connectivity index (χ2v) is 4.84. The largest absolute Gasteiger partial charge is 1.00 e. The minimum Gasteiger partial charge on any atom is -0.565 e. The van der Waals surface area contributed by atoms with Crippen LogP contribution in [0.15, 0.2) is 9.85 Å². The third-order valence-corrected chi connectivity index (χ3v) is 2.76. The molecule has 11 heteroatoms. The fourth-order valence-electron chi connectivity index (χ4n) is 0.749. The minimum absolute atomic E-state index is 0. The summed E-state index contributed by atoms with van der Waals surface area (Å²) >= 11 is 4.33. The predicted octanol–water partition coefficient (Wildman–Crippen LogP) is -3.01. The van der Waals surface area contributed by atoms with E-state index >= 15 is 0 Å². The van der Waals surface area contributed by atoms with Crippen LogP contribution in [0.1, 0.15) is 10.4 Å². The van der Waals surface area contributed by atoms with Crippen molar-refractivity contribution >= 4 is 50.4 Å². The van der Waals surface area contributed by atoms with Gasteiger partial charge in [0.15, 0.2) is 0 Å². The van der Waals surface area contributed by atoms with Gasteiger partial charge >= 0.3 is 35.6 Å². The van der Waals surface area contributed by atoms with Gasteiger partial charge in [-0.1, -0.05) is 0 Å². The SMILES string of the molecule is NC(=O)Nc1sc(Br)cc1C(N)=O.O=C([O-])O.[Na+]. The maximum atomic E-state index is 10.8. The van der Waals surface area contributed by atoms with Crippen LogP contribution in [0.25, 0.3) is 0 Å². The molecule has 0 fully saturated rings. The number of amides is 3. The first-order chi connectivity index (χ1) is 7.73. The number of hydrogen-bond acceptors (Lipinski definition) is 5. The van der Waals surface area contributed by atoms with Gasteiger partial charge in [-0.05, 0) is 22.0 Å². The molecule has 0 aromatic carbocycles. The maximum absolute atomic E-state index is 10.8. The molecule has 3 amide bonds. The number of carboxylic acid groups (broad SMARTS) is 2. The van der Waals surface area contributed by atoms with Gasteiger partial charge in [0.25, 0.3) is 5.91 Å². The second kappa shape index (κ2) is 9.16. The van der Waals surface area contributed by atoms with E-state index in [0.717, 1.165) is 0 Å². The predicted molar refractivity (Wildman–Crippen MR) is 61.8 cm³/mol. The third kappa shape index (κ3) is 8.31. The summed E-state index contributed by atoms with van der Waals surface area (Å²) in [6.07, 6.45) is -2.08. The van der Waals surface area contributed by atoms with E-state index in [0.29, 0.717) is 8.79 Å². The van der Waals surface area contributed by atoms with E-state index in [9.17, 15) is 9.59 Å². The number of thiophene rings is 1. The Balaban J connectivity index is 0. The molecule has 0 atom stereocenters. The smallest absolute Gasteiger partial charge is 0.565 e. The summed E-state index contributed by atoms with van der Waals surface area (Å²) in [5.41, 5.74) is 10.2. The van der Waals surface area contributed by atoms with Crippen LogP contribution in [0.2, 0.25) is 0 Å². The van der Waals surface area contributed by atoms with Gasteiger partial charge in [-0.15, -0.1) is 11.3 Å². The summed E-state index contributed by atoms with van der Waals surface area (Å²) in [7, 11) is 0. The van der Waals surface area contributed by atoms with Crippen LogP contribution in [-0.2, 0) is 0 Å². The number of hydrogen-bond donors (Lipinski definition) is 4. The number of carbonyl (C=O) groups excluding carboxylic acids is 2. The molecular weight excluding hydrogens is 341 g/mol. The van der Waals surface area contributed by atoms with Gasteiger partial charge in [-0.3, -0.25) is 10.1 Å². The molecular formula is C7H7BrN3NaO5S. The molecule has 0 saturated heterocycles. The third-order valence-electron chi connectivity index (χ3n) is 1.20. The van der Waals surface area contributed by atoms with Crippen molar-refractivity contribution in [3.8, 4) is 0 Å². The Morgan fingerprint density at radius 1 is 1.39 bits per heavy atom. The van der Waals surface area contributed by atoms with Crippen molar-refractivity contribution in [1.82, 2.24) is 0 Å². The summed E-state index contributed by atoms with van der Waals surface area (Å²) in [5.74, 6) is -0.606. The molecule has 1 aromatic rings. The first kappa shape index (κ1) is 19.5. The van der Waals surface area contributed by atoms with E-state index in [2.05, 4.69) is 21.2 Å². The van der Waals surface area contributed by atoms with Crippen molar-refractivity contribution in [1.29, 1.82) is 0 Å². The summed E-state index contributed by atoms with van der Waals surface area (Å²) in [4.78, 5) is 29.8. The van der Waals surface area contributed by atoms with Crippen LogP contribution in [0.4, 0.5) is 14.6 Å². The second-order valence-electron chi connectivity index (χ2n) is 2.41. The molecule has 1 heterocycles. The quantitative estimate of drug-likeness (QED) is 0.419. The molecule has 0 radical (unpaired) electrons. The Labute approximate surface area is 136 Å². The topological polar surface area (TPSA) is 159 Å². The maximum Gasteiger partial charge on any atom is 1.00 e. The number of halogens is 1. The van der Waals surface area contributed by atoms with Gasteiger partial charge in [0.2, 0.25) is 6.16 Å². The first-order valence-corrected chi connectivity index (χ1v) is 5.40. The summed E-state index contributed by atoms with van der Waals surface area (Å²) in [6, 6.07) is 0.801. The fourth-order valence-corrected chi connectivity index (χ4v) is 2.26. The van der Waals surface area contributed by atoms with E-state index in [1.54, 1.807) is 0 Å². The van der Waals surface area contributed by atoms with Gasteiger partial charge in [-0.25, -0.2) is 4.79 Å². The number of carbonyl (C=O) groups is 3. The monoisotopic (exact) mass is 347 g/mol. The fraction of sp³-hybridized carbons (Fsp3) is 0. The molecule has 0 aliphatic rings. The zero-order valence-corrected chi connectivity index (χ0v) is 13.5. The number of primary amides is 2. The molecule has 8 nitrogen and oxygen atoms in total. The number of nitrogens with one attached hydrogen (secondary N) is 1. The normalized spacial score (nSPS) is 8.28. The van der Waals surface area contributed by atoms with Crippen LogP contribution in [-0.4, -0.2) is 23.2 Å². The Hall–Kier alpha value is -0.810. The zero-order valence-electron chi connectivity index (χ0n) is 9.10. The molecule has 0 aliphatic carbocycles. The first-order valence-electron chi connectivity index (χ1n) is 3.79. The Morgan fingerprint density at radius 3 is 2.17 bits per heavy atom. The van der Waals surface area contributed by atoms with Gasteiger partial charge in [0, 0.05) is 0 Å². The Morgan fingerprint density at radius 2 is 1.83 bits per heavy atom. The van der Waals surface area contributed by atoms with Crippen LogP contribution < -0.4 is 51.4 Å².